The van der Waals surface area contributed by atoms with Crippen molar-refractivity contribution in [2.75, 3.05) is 0 Å². The Morgan fingerprint density at radius 3 is 2.31 bits per heavy atom. The normalized spacial score (nSPS) is 18.8. The molecule has 0 spiro atoms. The zero-order valence-electron chi connectivity index (χ0n) is 7.86. The molecule has 0 amide bonds. The van der Waals surface area contributed by atoms with E-state index in [0.29, 0.717) is 0 Å². The lowest BCUT2D eigenvalue weighted by molar-refractivity contribution is 0.568. The summed E-state index contributed by atoms with van der Waals surface area (Å²) in [5, 5.41) is 0. The standard InChI is InChI=1S/C11H12N2/c1-11(2)12-8-10(13-11)9-6-4-3-5-7-9/h3-8H,1-2H3. The van der Waals surface area contributed by atoms with Crippen molar-refractivity contribution in [3.05, 3.63) is 35.9 Å². The van der Waals surface area contributed by atoms with E-state index in [1.165, 1.54) is 0 Å². The van der Waals surface area contributed by atoms with Gasteiger partial charge in [-0.25, -0.2) is 0 Å². The van der Waals surface area contributed by atoms with E-state index in [2.05, 4.69) is 9.98 Å². The number of aliphatic imine (C=N–C) groups is 2. The van der Waals surface area contributed by atoms with Crippen LogP contribution in [0, 0.1) is 0 Å². The van der Waals surface area contributed by atoms with Crippen LogP contribution >= 0.6 is 0 Å². The Labute approximate surface area is 78.0 Å². The third-order valence-electron chi connectivity index (χ3n) is 1.97. The lowest BCUT2D eigenvalue weighted by Crippen LogP contribution is -2.09. The quantitative estimate of drug-likeness (QED) is 0.621. The van der Waals surface area contributed by atoms with E-state index in [-0.39, 0.29) is 5.66 Å². The van der Waals surface area contributed by atoms with E-state index in [9.17, 15) is 0 Å². The van der Waals surface area contributed by atoms with Crippen molar-refractivity contribution in [1.29, 1.82) is 0 Å². The largest absolute Gasteiger partial charge is 0.262 e. The van der Waals surface area contributed by atoms with E-state index in [0.717, 1.165) is 11.3 Å². The monoisotopic (exact) mass is 172 g/mol. The predicted octanol–water partition coefficient (Wildman–Crippen LogP) is 2.30. The molecule has 1 aliphatic rings. The summed E-state index contributed by atoms with van der Waals surface area (Å²) in [6.45, 7) is 4.00. The third kappa shape index (κ3) is 1.66. The van der Waals surface area contributed by atoms with Crippen molar-refractivity contribution in [3.8, 4) is 0 Å². The number of rotatable bonds is 1. The van der Waals surface area contributed by atoms with E-state index in [1.54, 1.807) is 0 Å². The molecule has 2 rings (SSSR count). The van der Waals surface area contributed by atoms with Crippen molar-refractivity contribution in [2.45, 2.75) is 19.5 Å². The fourth-order valence-electron chi connectivity index (χ4n) is 1.32. The summed E-state index contributed by atoms with van der Waals surface area (Å²) < 4.78 is 0. The molecule has 13 heavy (non-hydrogen) atoms. The average Bonchev–Trinajstić information content (AvgIpc) is 2.48. The molecule has 0 unspecified atom stereocenters. The number of nitrogens with zero attached hydrogens (tertiary/aromatic N) is 2. The smallest absolute Gasteiger partial charge is 0.145 e. The molecular formula is C11H12N2. The lowest BCUT2D eigenvalue weighted by atomic mass is 10.1. The Kier molecular flexibility index (Phi) is 1.76. The highest BCUT2D eigenvalue weighted by Crippen LogP contribution is 2.17. The van der Waals surface area contributed by atoms with E-state index < -0.39 is 0 Å². The maximum Gasteiger partial charge on any atom is 0.145 e. The minimum atomic E-state index is -0.273. The Morgan fingerprint density at radius 2 is 1.77 bits per heavy atom. The molecule has 1 heterocycles. The summed E-state index contributed by atoms with van der Waals surface area (Å²) in [5.74, 6) is 0. The molecule has 0 aromatic heterocycles. The summed E-state index contributed by atoms with van der Waals surface area (Å²) in [4.78, 5) is 8.78. The van der Waals surface area contributed by atoms with Crippen LogP contribution in [-0.4, -0.2) is 17.6 Å². The zero-order valence-corrected chi connectivity index (χ0v) is 7.86. The van der Waals surface area contributed by atoms with Gasteiger partial charge in [0.15, 0.2) is 0 Å². The molecule has 0 saturated carbocycles. The molecular weight excluding hydrogens is 160 g/mol. The second-order valence-corrected chi connectivity index (χ2v) is 3.62. The fourth-order valence-corrected chi connectivity index (χ4v) is 1.32. The van der Waals surface area contributed by atoms with Crippen LogP contribution in [0.1, 0.15) is 19.4 Å². The summed E-state index contributed by atoms with van der Waals surface area (Å²) in [6, 6.07) is 10.1. The first-order valence-corrected chi connectivity index (χ1v) is 4.38. The molecule has 0 fully saturated rings. The Bertz CT molecular complexity index is 361. The SMILES string of the molecule is CC1(C)N=CC(c2ccccc2)=N1. The molecule has 1 aliphatic heterocycles. The van der Waals surface area contributed by atoms with Gasteiger partial charge in [-0.05, 0) is 13.8 Å². The van der Waals surface area contributed by atoms with Crippen LogP contribution in [0.3, 0.4) is 0 Å². The number of hydrogen-bond donors (Lipinski definition) is 0. The molecule has 0 radical (unpaired) electrons. The highest BCUT2D eigenvalue weighted by atomic mass is 15.1. The summed E-state index contributed by atoms with van der Waals surface area (Å²) in [7, 11) is 0. The van der Waals surface area contributed by atoms with Gasteiger partial charge in [0, 0.05) is 5.56 Å². The number of hydrogen-bond acceptors (Lipinski definition) is 2. The van der Waals surface area contributed by atoms with Crippen LogP contribution in [0.2, 0.25) is 0 Å². The molecule has 0 atom stereocenters. The summed E-state index contributed by atoms with van der Waals surface area (Å²) in [6.07, 6.45) is 1.84. The van der Waals surface area contributed by atoms with Gasteiger partial charge in [0.1, 0.15) is 5.66 Å². The van der Waals surface area contributed by atoms with Gasteiger partial charge in [0.2, 0.25) is 0 Å². The Hall–Kier alpha value is -1.44. The molecule has 0 N–H and O–H groups in total. The van der Waals surface area contributed by atoms with Crippen molar-refractivity contribution in [3.63, 3.8) is 0 Å². The lowest BCUT2D eigenvalue weighted by Gasteiger charge is -2.07. The first-order chi connectivity index (χ1) is 6.17. The maximum atomic E-state index is 4.49. The molecule has 0 aliphatic carbocycles. The zero-order chi connectivity index (χ0) is 9.31. The van der Waals surface area contributed by atoms with Crippen LogP contribution in [0.15, 0.2) is 40.3 Å². The molecule has 0 bridgehead atoms. The highest BCUT2D eigenvalue weighted by Gasteiger charge is 2.19. The first-order valence-electron chi connectivity index (χ1n) is 4.38. The number of benzene rings is 1. The van der Waals surface area contributed by atoms with Crippen LogP contribution in [0.4, 0.5) is 0 Å². The summed E-state index contributed by atoms with van der Waals surface area (Å²) in [5.41, 5.74) is 1.84. The topological polar surface area (TPSA) is 24.7 Å². The highest BCUT2D eigenvalue weighted by molar-refractivity contribution is 6.39. The van der Waals surface area contributed by atoms with Gasteiger partial charge in [0.25, 0.3) is 0 Å². The Morgan fingerprint density at radius 1 is 1.08 bits per heavy atom. The first kappa shape index (κ1) is 8.17. The van der Waals surface area contributed by atoms with Crippen LogP contribution in [0.5, 0.6) is 0 Å². The molecule has 2 nitrogen and oxygen atoms in total. The summed E-state index contributed by atoms with van der Waals surface area (Å²) >= 11 is 0. The molecule has 2 heteroatoms. The van der Waals surface area contributed by atoms with Gasteiger partial charge >= 0.3 is 0 Å². The van der Waals surface area contributed by atoms with Crippen LogP contribution in [0.25, 0.3) is 0 Å². The fraction of sp³-hybridized carbons (Fsp3) is 0.273. The van der Waals surface area contributed by atoms with Gasteiger partial charge in [-0.3, -0.25) is 9.98 Å². The second-order valence-electron chi connectivity index (χ2n) is 3.62. The van der Waals surface area contributed by atoms with Crippen molar-refractivity contribution >= 4 is 11.9 Å². The molecule has 0 saturated heterocycles. The van der Waals surface area contributed by atoms with Gasteiger partial charge < -0.3 is 0 Å². The van der Waals surface area contributed by atoms with Crippen molar-refractivity contribution in [2.24, 2.45) is 9.98 Å². The van der Waals surface area contributed by atoms with E-state index >= 15 is 0 Å². The minimum Gasteiger partial charge on any atom is -0.262 e. The molecule has 1 aromatic rings. The van der Waals surface area contributed by atoms with E-state index in [1.807, 2.05) is 50.4 Å². The molecule has 66 valence electrons. The Balaban J connectivity index is 2.36. The van der Waals surface area contributed by atoms with Gasteiger partial charge in [-0.1, -0.05) is 30.3 Å². The van der Waals surface area contributed by atoms with Crippen LogP contribution < -0.4 is 0 Å². The van der Waals surface area contributed by atoms with Crippen molar-refractivity contribution in [1.82, 2.24) is 0 Å². The predicted molar refractivity (Wildman–Crippen MR) is 55.6 cm³/mol. The minimum absolute atomic E-state index is 0.273. The van der Waals surface area contributed by atoms with Gasteiger partial charge in [0.05, 0.1) is 11.9 Å². The van der Waals surface area contributed by atoms with Crippen molar-refractivity contribution < 1.29 is 0 Å². The van der Waals surface area contributed by atoms with Crippen LogP contribution in [-0.2, 0) is 0 Å². The second kappa shape index (κ2) is 2.80. The van der Waals surface area contributed by atoms with Gasteiger partial charge in [-0.15, -0.1) is 0 Å². The maximum absolute atomic E-state index is 4.49. The van der Waals surface area contributed by atoms with Gasteiger partial charge in [-0.2, -0.15) is 0 Å². The molecule has 1 aromatic carbocycles. The third-order valence-corrected chi connectivity index (χ3v) is 1.97. The average molecular weight is 172 g/mol. The van der Waals surface area contributed by atoms with E-state index in [4.69, 9.17) is 0 Å².